The summed E-state index contributed by atoms with van der Waals surface area (Å²) >= 11 is 12.1. The van der Waals surface area contributed by atoms with Crippen molar-refractivity contribution in [1.29, 1.82) is 0 Å². The van der Waals surface area contributed by atoms with Crippen LogP contribution in [-0.2, 0) is 6.54 Å². The number of hydrogen-bond acceptors (Lipinski definition) is 3. The number of imidazole rings is 1. The Morgan fingerprint density at radius 2 is 1.83 bits per heavy atom. The molecule has 0 spiro atoms. The molecule has 0 radical (unpaired) electrons. The summed E-state index contributed by atoms with van der Waals surface area (Å²) in [4.78, 5) is 30.6. The topological polar surface area (TPSA) is 61.8 Å². The van der Waals surface area contributed by atoms with Crippen molar-refractivity contribution >= 4 is 34.4 Å². The molecule has 2 aromatic heterocycles. The SMILES string of the molecule is CC(C)n1c(=O)c2c(ncn2Cc2ccc(Cl)c(Cl)c2)n(-c2cccc(F)c2)c1=O. The molecule has 0 N–H and O–H groups in total. The number of halogens is 3. The zero-order valence-corrected chi connectivity index (χ0v) is 17.7. The molecule has 2 aromatic carbocycles. The second kappa shape index (κ2) is 7.74. The van der Waals surface area contributed by atoms with Crippen LogP contribution in [0.15, 0.2) is 58.4 Å². The number of fused-ring (bicyclic) bond motifs is 1. The van der Waals surface area contributed by atoms with Gasteiger partial charge in [-0.15, -0.1) is 0 Å². The maximum atomic E-state index is 13.9. The Balaban J connectivity index is 2.00. The average Bonchev–Trinajstić information content (AvgIpc) is 3.08. The fourth-order valence-corrected chi connectivity index (χ4v) is 3.73. The van der Waals surface area contributed by atoms with Crippen LogP contribution in [0.3, 0.4) is 0 Å². The number of rotatable bonds is 4. The highest BCUT2D eigenvalue weighted by molar-refractivity contribution is 6.42. The van der Waals surface area contributed by atoms with Crippen molar-refractivity contribution in [2.24, 2.45) is 0 Å². The molecule has 0 saturated carbocycles. The van der Waals surface area contributed by atoms with E-state index in [-0.39, 0.29) is 11.2 Å². The van der Waals surface area contributed by atoms with Crippen molar-refractivity contribution in [2.75, 3.05) is 0 Å². The quantitative estimate of drug-likeness (QED) is 0.465. The van der Waals surface area contributed by atoms with E-state index in [1.807, 2.05) is 0 Å². The van der Waals surface area contributed by atoms with Gasteiger partial charge in [-0.1, -0.05) is 35.3 Å². The van der Waals surface area contributed by atoms with E-state index in [0.717, 1.165) is 10.1 Å². The molecule has 4 rings (SSSR count). The minimum absolute atomic E-state index is 0.160. The van der Waals surface area contributed by atoms with E-state index in [2.05, 4.69) is 4.98 Å². The number of nitrogens with zero attached hydrogens (tertiary/aromatic N) is 4. The molecule has 0 bridgehead atoms. The first-order valence-corrected chi connectivity index (χ1v) is 9.95. The Labute approximate surface area is 180 Å². The van der Waals surface area contributed by atoms with Crippen LogP contribution >= 0.6 is 23.2 Å². The van der Waals surface area contributed by atoms with Gasteiger partial charge < -0.3 is 4.57 Å². The van der Waals surface area contributed by atoms with Crippen LogP contribution in [0, 0.1) is 5.82 Å². The van der Waals surface area contributed by atoms with Gasteiger partial charge in [0.05, 0.1) is 22.1 Å². The van der Waals surface area contributed by atoms with Crippen molar-refractivity contribution in [3.8, 4) is 5.69 Å². The van der Waals surface area contributed by atoms with Gasteiger partial charge in [-0.05, 0) is 49.7 Å². The Morgan fingerprint density at radius 3 is 2.50 bits per heavy atom. The Hall–Kier alpha value is -2.90. The molecule has 0 atom stereocenters. The van der Waals surface area contributed by atoms with Crippen LogP contribution in [0.2, 0.25) is 10.0 Å². The lowest BCUT2D eigenvalue weighted by Gasteiger charge is -2.15. The summed E-state index contributed by atoms with van der Waals surface area (Å²) in [5, 5.41) is 0.827. The van der Waals surface area contributed by atoms with Gasteiger partial charge in [0.2, 0.25) is 0 Å². The van der Waals surface area contributed by atoms with E-state index in [1.165, 1.54) is 29.1 Å². The smallest absolute Gasteiger partial charge is 0.320 e. The molecule has 0 aliphatic heterocycles. The third kappa shape index (κ3) is 3.44. The molecule has 0 fully saturated rings. The predicted molar refractivity (Wildman–Crippen MR) is 115 cm³/mol. The van der Waals surface area contributed by atoms with Crippen molar-refractivity contribution in [3.63, 3.8) is 0 Å². The van der Waals surface area contributed by atoms with Crippen LogP contribution in [-0.4, -0.2) is 18.7 Å². The zero-order chi connectivity index (χ0) is 21.6. The third-order valence-electron chi connectivity index (χ3n) is 4.77. The highest BCUT2D eigenvalue weighted by Crippen LogP contribution is 2.24. The van der Waals surface area contributed by atoms with Crippen LogP contribution < -0.4 is 11.2 Å². The molecule has 0 amide bonds. The molecule has 2 heterocycles. The monoisotopic (exact) mass is 446 g/mol. The minimum Gasteiger partial charge on any atom is -0.320 e. The Morgan fingerprint density at radius 1 is 1.07 bits per heavy atom. The molecule has 154 valence electrons. The van der Waals surface area contributed by atoms with Crippen molar-refractivity contribution in [1.82, 2.24) is 18.7 Å². The fourth-order valence-electron chi connectivity index (χ4n) is 3.41. The first kappa shape index (κ1) is 20.4. The molecule has 4 aromatic rings. The number of benzene rings is 2. The summed E-state index contributed by atoms with van der Waals surface area (Å²) in [6.07, 6.45) is 1.48. The number of aromatic nitrogens is 4. The average molecular weight is 447 g/mol. The molecule has 0 unspecified atom stereocenters. The Kier molecular flexibility index (Phi) is 5.26. The molecule has 0 saturated heterocycles. The highest BCUT2D eigenvalue weighted by atomic mass is 35.5. The fraction of sp³-hybridized carbons (Fsp3) is 0.190. The van der Waals surface area contributed by atoms with Crippen molar-refractivity contribution in [3.05, 3.63) is 91.1 Å². The first-order valence-electron chi connectivity index (χ1n) is 9.20. The van der Waals surface area contributed by atoms with Crippen molar-refractivity contribution in [2.45, 2.75) is 26.4 Å². The van der Waals surface area contributed by atoms with Crippen LogP contribution in [0.5, 0.6) is 0 Å². The molecule has 6 nitrogen and oxygen atoms in total. The summed E-state index contributed by atoms with van der Waals surface area (Å²) < 4.78 is 17.9. The van der Waals surface area contributed by atoms with Gasteiger partial charge in [-0.3, -0.25) is 9.36 Å². The van der Waals surface area contributed by atoms with Gasteiger partial charge >= 0.3 is 5.69 Å². The zero-order valence-electron chi connectivity index (χ0n) is 16.1. The van der Waals surface area contributed by atoms with Gasteiger partial charge in [-0.2, -0.15) is 0 Å². The molecule has 0 aliphatic carbocycles. The summed E-state index contributed by atoms with van der Waals surface area (Å²) in [7, 11) is 0. The lowest BCUT2D eigenvalue weighted by atomic mass is 10.2. The third-order valence-corrected chi connectivity index (χ3v) is 5.51. The maximum Gasteiger partial charge on any atom is 0.337 e. The highest BCUT2D eigenvalue weighted by Gasteiger charge is 2.21. The van der Waals surface area contributed by atoms with E-state index in [0.29, 0.717) is 22.3 Å². The number of hydrogen-bond donors (Lipinski definition) is 0. The van der Waals surface area contributed by atoms with Gasteiger partial charge in [-0.25, -0.2) is 18.7 Å². The normalized spacial score (nSPS) is 11.5. The van der Waals surface area contributed by atoms with Gasteiger partial charge in [0.1, 0.15) is 5.82 Å². The van der Waals surface area contributed by atoms with Gasteiger partial charge in [0.25, 0.3) is 5.56 Å². The predicted octanol–water partition coefficient (Wildman–Crippen LogP) is 4.42. The molecule has 9 heteroatoms. The minimum atomic E-state index is -0.576. The summed E-state index contributed by atoms with van der Waals surface area (Å²) in [5.41, 5.74) is 0.455. The van der Waals surface area contributed by atoms with E-state index in [9.17, 15) is 14.0 Å². The second-order valence-corrected chi connectivity index (χ2v) is 7.97. The lowest BCUT2D eigenvalue weighted by Crippen LogP contribution is -2.41. The summed E-state index contributed by atoms with van der Waals surface area (Å²) in [6, 6.07) is 10.4. The standard InChI is InChI=1S/C21H17Cl2FN4O2/c1-12(2)27-20(29)18-19(28(21(27)30)15-5-3-4-14(24)9-15)25-11-26(18)10-13-6-7-16(22)17(23)8-13/h3-9,11-12H,10H2,1-2H3. The summed E-state index contributed by atoms with van der Waals surface area (Å²) in [6.45, 7) is 3.77. The van der Waals surface area contributed by atoms with Gasteiger partial charge in [0, 0.05) is 12.6 Å². The van der Waals surface area contributed by atoms with E-state index in [1.54, 1.807) is 42.7 Å². The Bertz CT molecular complexity index is 1390. The largest absolute Gasteiger partial charge is 0.337 e. The summed E-state index contributed by atoms with van der Waals surface area (Å²) in [5.74, 6) is -0.495. The molecule has 0 aliphatic rings. The lowest BCUT2D eigenvalue weighted by molar-refractivity contribution is 0.538. The van der Waals surface area contributed by atoms with Crippen LogP contribution in [0.4, 0.5) is 4.39 Å². The van der Waals surface area contributed by atoms with Crippen molar-refractivity contribution < 1.29 is 4.39 Å². The molecular formula is C21H17Cl2FN4O2. The molecular weight excluding hydrogens is 430 g/mol. The van der Waals surface area contributed by atoms with E-state index in [4.69, 9.17) is 23.2 Å². The van der Waals surface area contributed by atoms with E-state index < -0.39 is 23.1 Å². The van der Waals surface area contributed by atoms with Gasteiger partial charge in [0.15, 0.2) is 11.2 Å². The maximum absolute atomic E-state index is 13.9. The first-order chi connectivity index (χ1) is 14.3. The van der Waals surface area contributed by atoms with E-state index >= 15 is 0 Å². The van der Waals surface area contributed by atoms with Crippen LogP contribution in [0.1, 0.15) is 25.5 Å². The molecule has 30 heavy (non-hydrogen) atoms. The van der Waals surface area contributed by atoms with Crippen LogP contribution in [0.25, 0.3) is 16.9 Å². The second-order valence-electron chi connectivity index (χ2n) is 7.16.